The molecule has 2 aliphatic rings. The lowest BCUT2D eigenvalue weighted by atomic mass is 9.95. The number of thiazole rings is 1. The highest BCUT2D eigenvalue weighted by atomic mass is 32.1. The highest BCUT2D eigenvalue weighted by molar-refractivity contribution is 7.15. The van der Waals surface area contributed by atoms with Crippen LogP contribution in [0.5, 0.6) is 0 Å². The lowest BCUT2D eigenvalue weighted by Gasteiger charge is -2.21. The van der Waals surface area contributed by atoms with Crippen molar-refractivity contribution < 1.29 is 0 Å². The van der Waals surface area contributed by atoms with Crippen LogP contribution in [0.1, 0.15) is 56.6 Å². The molecule has 112 valence electrons. The third-order valence-electron chi connectivity index (χ3n) is 4.83. The number of anilines is 1. The van der Waals surface area contributed by atoms with Gasteiger partial charge in [0.25, 0.3) is 0 Å². The van der Waals surface area contributed by atoms with Crippen molar-refractivity contribution in [2.24, 2.45) is 11.8 Å². The molecule has 0 bridgehead atoms. The number of aryl methyl sites for hydroxylation is 1. The first kappa shape index (κ1) is 14.3. The average molecular weight is 293 g/mol. The SMILES string of the molecule is CCNC1CCCc2nc(N3CCC(C(C)C)C3)sc21. The van der Waals surface area contributed by atoms with Gasteiger partial charge in [0.1, 0.15) is 0 Å². The third kappa shape index (κ3) is 2.73. The third-order valence-corrected chi connectivity index (χ3v) is 6.10. The van der Waals surface area contributed by atoms with E-state index in [1.165, 1.54) is 54.5 Å². The number of nitrogens with one attached hydrogen (secondary N) is 1. The van der Waals surface area contributed by atoms with Crippen molar-refractivity contribution in [3.8, 4) is 0 Å². The summed E-state index contributed by atoms with van der Waals surface area (Å²) in [6.45, 7) is 10.3. The fourth-order valence-corrected chi connectivity index (χ4v) is 4.74. The molecule has 0 spiro atoms. The van der Waals surface area contributed by atoms with Crippen LogP contribution >= 0.6 is 11.3 Å². The van der Waals surface area contributed by atoms with Crippen molar-refractivity contribution in [2.75, 3.05) is 24.5 Å². The monoisotopic (exact) mass is 293 g/mol. The van der Waals surface area contributed by atoms with Crippen molar-refractivity contribution in [3.05, 3.63) is 10.6 Å². The topological polar surface area (TPSA) is 28.2 Å². The molecule has 2 heterocycles. The van der Waals surface area contributed by atoms with Crippen molar-refractivity contribution in [1.82, 2.24) is 10.3 Å². The molecule has 1 aliphatic heterocycles. The smallest absolute Gasteiger partial charge is 0.185 e. The number of fused-ring (bicyclic) bond motifs is 1. The van der Waals surface area contributed by atoms with Crippen LogP contribution in [-0.2, 0) is 6.42 Å². The normalized spacial score (nSPS) is 26.3. The molecule has 1 aliphatic carbocycles. The lowest BCUT2D eigenvalue weighted by Crippen LogP contribution is -2.23. The molecule has 20 heavy (non-hydrogen) atoms. The molecule has 1 N–H and O–H groups in total. The highest BCUT2D eigenvalue weighted by Gasteiger charge is 2.30. The average Bonchev–Trinajstić information content (AvgIpc) is 3.06. The molecule has 1 aromatic heterocycles. The van der Waals surface area contributed by atoms with E-state index < -0.39 is 0 Å². The van der Waals surface area contributed by atoms with Crippen LogP contribution in [0.15, 0.2) is 0 Å². The minimum absolute atomic E-state index is 0.554. The Morgan fingerprint density at radius 2 is 2.25 bits per heavy atom. The number of hydrogen-bond donors (Lipinski definition) is 1. The molecule has 0 saturated carbocycles. The van der Waals surface area contributed by atoms with Gasteiger partial charge >= 0.3 is 0 Å². The molecule has 4 heteroatoms. The molecular formula is C16H27N3S. The summed E-state index contributed by atoms with van der Waals surface area (Å²) < 4.78 is 0. The molecule has 1 aromatic rings. The Kier molecular flexibility index (Phi) is 4.32. The van der Waals surface area contributed by atoms with E-state index in [1.807, 2.05) is 11.3 Å². The van der Waals surface area contributed by atoms with Crippen LogP contribution in [0.2, 0.25) is 0 Å². The molecule has 3 nitrogen and oxygen atoms in total. The number of nitrogens with zero attached hydrogens (tertiary/aromatic N) is 2. The summed E-state index contributed by atoms with van der Waals surface area (Å²) in [4.78, 5) is 9.00. The summed E-state index contributed by atoms with van der Waals surface area (Å²) in [6.07, 6.45) is 5.06. The maximum atomic E-state index is 4.96. The van der Waals surface area contributed by atoms with Crippen LogP contribution in [0.25, 0.3) is 0 Å². The maximum Gasteiger partial charge on any atom is 0.185 e. The molecule has 0 aromatic carbocycles. The zero-order valence-corrected chi connectivity index (χ0v) is 13.8. The Morgan fingerprint density at radius 3 is 2.95 bits per heavy atom. The Labute approximate surface area is 126 Å². The van der Waals surface area contributed by atoms with Crippen LogP contribution in [-0.4, -0.2) is 24.6 Å². The Hall–Kier alpha value is -0.610. The van der Waals surface area contributed by atoms with Gasteiger partial charge in [-0.3, -0.25) is 0 Å². The van der Waals surface area contributed by atoms with Gasteiger partial charge < -0.3 is 10.2 Å². The second-order valence-electron chi connectivity index (χ2n) is 6.55. The summed E-state index contributed by atoms with van der Waals surface area (Å²) in [6, 6.07) is 0.554. The van der Waals surface area contributed by atoms with Gasteiger partial charge in [-0.15, -0.1) is 0 Å². The van der Waals surface area contributed by atoms with Gasteiger partial charge in [-0.2, -0.15) is 0 Å². The van der Waals surface area contributed by atoms with Crippen LogP contribution in [0.3, 0.4) is 0 Å². The van der Waals surface area contributed by atoms with Gasteiger partial charge in [0.15, 0.2) is 5.13 Å². The van der Waals surface area contributed by atoms with Crippen LogP contribution in [0.4, 0.5) is 5.13 Å². The fourth-order valence-electron chi connectivity index (χ4n) is 3.49. The van der Waals surface area contributed by atoms with Gasteiger partial charge in [0.05, 0.1) is 5.69 Å². The summed E-state index contributed by atoms with van der Waals surface area (Å²) in [7, 11) is 0. The van der Waals surface area contributed by atoms with E-state index in [-0.39, 0.29) is 0 Å². The predicted molar refractivity (Wildman–Crippen MR) is 86.6 cm³/mol. The van der Waals surface area contributed by atoms with Crippen molar-refractivity contribution >= 4 is 16.5 Å². The quantitative estimate of drug-likeness (QED) is 0.919. The Balaban J connectivity index is 1.76. The predicted octanol–water partition coefficient (Wildman–Crippen LogP) is 3.61. The molecule has 2 unspecified atom stereocenters. The van der Waals surface area contributed by atoms with E-state index in [0.29, 0.717) is 6.04 Å². The number of hydrogen-bond acceptors (Lipinski definition) is 4. The Morgan fingerprint density at radius 1 is 1.40 bits per heavy atom. The number of rotatable bonds is 4. The minimum atomic E-state index is 0.554. The van der Waals surface area contributed by atoms with E-state index in [9.17, 15) is 0 Å². The van der Waals surface area contributed by atoms with Gasteiger partial charge in [-0.25, -0.2) is 4.98 Å². The summed E-state index contributed by atoms with van der Waals surface area (Å²) in [5, 5.41) is 4.90. The first-order chi connectivity index (χ1) is 9.69. The standard InChI is InChI=1S/C16H27N3S/c1-4-17-13-6-5-7-14-15(13)20-16(18-14)19-9-8-12(10-19)11(2)3/h11-13,17H,4-10H2,1-3H3. The van der Waals surface area contributed by atoms with E-state index in [1.54, 1.807) is 0 Å². The van der Waals surface area contributed by atoms with E-state index >= 15 is 0 Å². The Bertz CT molecular complexity index is 455. The second kappa shape index (κ2) is 6.02. The van der Waals surface area contributed by atoms with Crippen molar-refractivity contribution in [3.63, 3.8) is 0 Å². The summed E-state index contributed by atoms with van der Waals surface area (Å²) >= 11 is 1.95. The van der Waals surface area contributed by atoms with Gasteiger partial charge in [-0.05, 0) is 44.1 Å². The highest BCUT2D eigenvalue weighted by Crippen LogP contribution is 2.39. The lowest BCUT2D eigenvalue weighted by molar-refractivity contribution is 0.422. The van der Waals surface area contributed by atoms with Gasteiger partial charge in [-0.1, -0.05) is 32.1 Å². The second-order valence-corrected chi connectivity index (χ2v) is 7.56. The van der Waals surface area contributed by atoms with Crippen molar-refractivity contribution in [1.29, 1.82) is 0 Å². The van der Waals surface area contributed by atoms with Gasteiger partial charge in [0.2, 0.25) is 0 Å². The van der Waals surface area contributed by atoms with Crippen LogP contribution in [0, 0.1) is 11.8 Å². The van der Waals surface area contributed by atoms with Crippen LogP contribution < -0.4 is 10.2 Å². The molecule has 3 rings (SSSR count). The summed E-state index contributed by atoms with van der Waals surface area (Å²) in [5.41, 5.74) is 1.37. The zero-order valence-electron chi connectivity index (χ0n) is 13.0. The van der Waals surface area contributed by atoms with E-state index in [0.717, 1.165) is 18.4 Å². The fraction of sp³-hybridized carbons (Fsp3) is 0.812. The largest absolute Gasteiger partial charge is 0.348 e. The first-order valence-electron chi connectivity index (χ1n) is 8.17. The molecule has 0 radical (unpaired) electrons. The maximum absolute atomic E-state index is 4.96. The van der Waals surface area contributed by atoms with Gasteiger partial charge in [0, 0.05) is 24.0 Å². The number of aromatic nitrogens is 1. The molecular weight excluding hydrogens is 266 g/mol. The molecule has 2 atom stereocenters. The zero-order chi connectivity index (χ0) is 14.1. The molecule has 0 amide bonds. The van der Waals surface area contributed by atoms with E-state index in [4.69, 9.17) is 4.98 Å². The summed E-state index contributed by atoms with van der Waals surface area (Å²) in [5.74, 6) is 1.64. The first-order valence-corrected chi connectivity index (χ1v) is 8.98. The van der Waals surface area contributed by atoms with Crippen molar-refractivity contribution in [2.45, 2.75) is 52.5 Å². The minimum Gasteiger partial charge on any atom is -0.348 e. The molecule has 1 fully saturated rings. The molecule has 1 saturated heterocycles. The van der Waals surface area contributed by atoms with E-state index in [2.05, 4.69) is 31.0 Å².